The van der Waals surface area contributed by atoms with E-state index in [1.54, 1.807) is 7.11 Å². The number of rotatable bonds is 4. The Balaban J connectivity index is 1.63. The van der Waals surface area contributed by atoms with E-state index in [4.69, 9.17) is 4.74 Å². The van der Waals surface area contributed by atoms with Crippen LogP contribution in [0.1, 0.15) is 18.8 Å². The second kappa shape index (κ2) is 5.81. The lowest BCUT2D eigenvalue weighted by atomic mass is 10.2. The van der Waals surface area contributed by atoms with E-state index in [1.165, 1.54) is 0 Å². The molecule has 4 aromatic rings. The van der Waals surface area contributed by atoms with Crippen LogP contribution in [-0.4, -0.2) is 26.7 Å². The molecule has 0 fully saturated rings. The molecule has 0 aliphatic rings. The number of nitrogens with zero attached hydrogens (tertiary/aromatic N) is 4. The minimum Gasteiger partial charge on any atom is -0.497 e. The van der Waals surface area contributed by atoms with Crippen LogP contribution >= 0.6 is 0 Å². The third-order valence-corrected chi connectivity index (χ3v) is 3.99. The standard InChI is InChI=1S/C18H17N5O/c1-12(18-22-21-17-5-3-4-10-23(17)18)19-16-9-6-13-11-14(24-2)7-8-15(13)20-16/h3-12H,1-2H3,(H,19,20). The lowest BCUT2D eigenvalue weighted by molar-refractivity contribution is 0.415. The maximum atomic E-state index is 5.25. The molecular formula is C18H17N5O. The summed E-state index contributed by atoms with van der Waals surface area (Å²) in [7, 11) is 1.66. The molecule has 0 radical (unpaired) electrons. The van der Waals surface area contributed by atoms with Gasteiger partial charge >= 0.3 is 0 Å². The fourth-order valence-electron chi connectivity index (χ4n) is 2.75. The number of ether oxygens (including phenoxy) is 1. The first-order valence-electron chi connectivity index (χ1n) is 7.75. The van der Waals surface area contributed by atoms with Crippen LogP contribution < -0.4 is 10.1 Å². The van der Waals surface area contributed by atoms with Crippen molar-refractivity contribution < 1.29 is 4.74 Å². The van der Waals surface area contributed by atoms with Crippen molar-refractivity contribution in [3.05, 3.63) is 60.6 Å². The predicted molar refractivity (Wildman–Crippen MR) is 93.3 cm³/mol. The van der Waals surface area contributed by atoms with Crippen LogP contribution in [0.15, 0.2) is 54.7 Å². The normalized spacial score (nSPS) is 12.4. The summed E-state index contributed by atoms with van der Waals surface area (Å²) in [6, 6.07) is 15.7. The van der Waals surface area contributed by atoms with Crippen LogP contribution in [0, 0.1) is 0 Å². The fourth-order valence-corrected chi connectivity index (χ4v) is 2.75. The molecule has 0 aliphatic heterocycles. The maximum Gasteiger partial charge on any atom is 0.160 e. The molecule has 1 aromatic carbocycles. The molecule has 24 heavy (non-hydrogen) atoms. The van der Waals surface area contributed by atoms with Crippen molar-refractivity contribution in [3.8, 4) is 5.75 Å². The number of fused-ring (bicyclic) bond motifs is 2. The van der Waals surface area contributed by atoms with Gasteiger partial charge in [-0.05, 0) is 49.4 Å². The third-order valence-electron chi connectivity index (χ3n) is 3.99. The van der Waals surface area contributed by atoms with Gasteiger partial charge in [0, 0.05) is 11.6 Å². The molecule has 1 N–H and O–H groups in total. The zero-order valence-electron chi connectivity index (χ0n) is 13.5. The van der Waals surface area contributed by atoms with Crippen molar-refractivity contribution in [1.29, 1.82) is 0 Å². The molecule has 1 unspecified atom stereocenters. The molecule has 0 amide bonds. The van der Waals surface area contributed by atoms with Gasteiger partial charge in [-0.1, -0.05) is 6.07 Å². The molecular weight excluding hydrogens is 302 g/mol. The fraction of sp³-hybridized carbons (Fsp3) is 0.167. The summed E-state index contributed by atoms with van der Waals surface area (Å²) in [5.41, 5.74) is 1.75. The molecule has 4 rings (SSSR count). The zero-order valence-corrected chi connectivity index (χ0v) is 13.5. The van der Waals surface area contributed by atoms with Gasteiger partial charge in [-0.3, -0.25) is 4.40 Å². The van der Waals surface area contributed by atoms with Crippen LogP contribution in [0.25, 0.3) is 16.6 Å². The molecule has 1 atom stereocenters. The van der Waals surface area contributed by atoms with Crippen LogP contribution in [0.2, 0.25) is 0 Å². The highest BCUT2D eigenvalue weighted by atomic mass is 16.5. The van der Waals surface area contributed by atoms with E-state index < -0.39 is 0 Å². The van der Waals surface area contributed by atoms with E-state index in [2.05, 4.69) is 20.5 Å². The lowest BCUT2D eigenvalue weighted by Gasteiger charge is -2.13. The monoisotopic (exact) mass is 319 g/mol. The number of methoxy groups -OCH3 is 1. The molecule has 6 nitrogen and oxygen atoms in total. The van der Waals surface area contributed by atoms with Gasteiger partial charge in [0.15, 0.2) is 11.5 Å². The number of nitrogens with one attached hydrogen (secondary N) is 1. The van der Waals surface area contributed by atoms with E-state index in [0.29, 0.717) is 0 Å². The number of benzene rings is 1. The Bertz CT molecular complexity index is 1010. The van der Waals surface area contributed by atoms with Crippen molar-refractivity contribution >= 4 is 22.4 Å². The summed E-state index contributed by atoms with van der Waals surface area (Å²) >= 11 is 0. The Morgan fingerprint density at radius 1 is 1.08 bits per heavy atom. The van der Waals surface area contributed by atoms with Crippen LogP contribution in [0.3, 0.4) is 0 Å². The van der Waals surface area contributed by atoms with E-state index in [0.717, 1.165) is 33.9 Å². The summed E-state index contributed by atoms with van der Waals surface area (Å²) in [6.45, 7) is 2.04. The molecule has 0 spiro atoms. The van der Waals surface area contributed by atoms with Crippen molar-refractivity contribution in [2.75, 3.05) is 12.4 Å². The molecule has 120 valence electrons. The molecule has 0 saturated heterocycles. The number of pyridine rings is 2. The van der Waals surface area contributed by atoms with Crippen molar-refractivity contribution in [3.63, 3.8) is 0 Å². The van der Waals surface area contributed by atoms with E-state index >= 15 is 0 Å². The second-order valence-electron chi connectivity index (χ2n) is 5.61. The summed E-state index contributed by atoms with van der Waals surface area (Å²) in [4.78, 5) is 4.66. The average Bonchev–Trinajstić information content (AvgIpc) is 3.05. The van der Waals surface area contributed by atoms with E-state index in [1.807, 2.05) is 66.1 Å². The lowest BCUT2D eigenvalue weighted by Crippen LogP contribution is -2.11. The smallest absolute Gasteiger partial charge is 0.160 e. The largest absolute Gasteiger partial charge is 0.497 e. The Morgan fingerprint density at radius 3 is 2.88 bits per heavy atom. The highest BCUT2D eigenvalue weighted by Crippen LogP contribution is 2.23. The highest BCUT2D eigenvalue weighted by molar-refractivity contribution is 5.81. The number of aromatic nitrogens is 4. The van der Waals surface area contributed by atoms with Gasteiger partial charge in [0.2, 0.25) is 0 Å². The van der Waals surface area contributed by atoms with Crippen molar-refractivity contribution in [1.82, 2.24) is 19.6 Å². The summed E-state index contributed by atoms with van der Waals surface area (Å²) in [5, 5.41) is 12.9. The molecule has 0 aliphatic carbocycles. The molecule has 0 saturated carbocycles. The number of hydrogen-bond donors (Lipinski definition) is 1. The highest BCUT2D eigenvalue weighted by Gasteiger charge is 2.13. The van der Waals surface area contributed by atoms with Gasteiger partial charge in [-0.2, -0.15) is 0 Å². The molecule has 6 heteroatoms. The van der Waals surface area contributed by atoms with Gasteiger partial charge in [0.25, 0.3) is 0 Å². The van der Waals surface area contributed by atoms with Crippen molar-refractivity contribution in [2.45, 2.75) is 13.0 Å². The summed E-state index contributed by atoms with van der Waals surface area (Å²) in [6.07, 6.45) is 1.96. The number of anilines is 1. The quantitative estimate of drug-likeness (QED) is 0.624. The molecule has 3 heterocycles. The Hall–Kier alpha value is -3.15. The van der Waals surface area contributed by atoms with Crippen molar-refractivity contribution in [2.24, 2.45) is 0 Å². The first-order valence-corrected chi connectivity index (χ1v) is 7.75. The third kappa shape index (κ3) is 2.52. The van der Waals surface area contributed by atoms with Crippen LogP contribution in [-0.2, 0) is 0 Å². The minimum atomic E-state index is -0.0226. The SMILES string of the molecule is COc1ccc2nc(NC(C)c3nnc4ccccn34)ccc2c1. The first kappa shape index (κ1) is 14.4. The van der Waals surface area contributed by atoms with Crippen LogP contribution in [0.4, 0.5) is 5.82 Å². The predicted octanol–water partition coefficient (Wildman–Crippen LogP) is 3.46. The van der Waals surface area contributed by atoms with Gasteiger partial charge in [-0.25, -0.2) is 4.98 Å². The summed E-state index contributed by atoms with van der Waals surface area (Å²) < 4.78 is 7.22. The Morgan fingerprint density at radius 2 is 2.00 bits per heavy atom. The van der Waals surface area contributed by atoms with E-state index in [9.17, 15) is 0 Å². The van der Waals surface area contributed by atoms with Gasteiger partial charge in [-0.15, -0.1) is 10.2 Å². The topological polar surface area (TPSA) is 64.3 Å². The Kier molecular flexibility index (Phi) is 3.49. The van der Waals surface area contributed by atoms with E-state index in [-0.39, 0.29) is 6.04 Å². The Labute approximate surface area is 139 Å². The maximum absolute atomic E-state index is 5.25. The number of hydrogen-bond acceptors (Lipinski definition) is 5. The second-order valence-corrected chi connectivity index (χ2v) is 5.61. The van der Waals surface area contributed by atoms with Crippen LogP contribution in [0.5, 0.6) is 5.75 Å². The van der Waals surface area contributed by atoms with Gasteiger partial charge in [0.1, 0.15) is 11.6 Å². The summed E-state index contributed by atoms with van der Waals surface area (Å²) in [5.74, 6) is 2.48. The van der Waals surface area contributed by atoms with Gasteiger partial charge in [0.05, 0.1) is 18.7 Å². The van der Waals surface area contributed by atoms with Gasteiger partial charge < -0.3 is 10.1 Å². The minimum absolute atomic E-state index is 0.0226. The zero-order chi connectivity index (χ0) is 16.5. The molecule has 0 bridgehead atoms. The average molecular weight is 319 g/mol. The first-order chi connectivity index (χ1) is 11.7. The molecule has 3 aromatic heterocycles.